The van der Waals surface area contributed by atoms with E-state index in [2.05, 4.69) is 10.3 Å². The number of ether oxygens (including phenoxy) is 1. The molecule has 1 unspecified atom stereocenters. The highest BCUT2D eigenvalue weighted by atomic mass is 32.1. The Hall–Kier alpha value is -0.940. The minimum absolute atomic E-state index is 0.0179. The lowest BCUT2D eigenvalue weighted by molar-refractivity contribution is 0.0909. The topological polar surface area (TPSA) is 51.2 Å². The van der Waals surface area contributed by atoms with Crippen LogP contribution in [0.5, 0.6) is 0 Å². The maximum absolute atomic E-state index is 11.8. The van der Waals surface area contributed by atoms with E-state index in [-0.39, 0.29) is 11.9 Å². The molecular weight excluding hydrogens is 212 g/mol. The van der Waals surface area contributed by atoms with E-state index < -0.39 is 0 Å². The Balaban J connectivity index is 2.65. The summed E-state index contributed by atoms with van der Waals surface area (Å²) < 4.78 is 4.95. The zero-order chi connectivity index (χ0) is 11.4. The van der Waals surface area contributed by atoms with Gasteiger partial charge in [-0.2, -0.15) is 0 Å². The molecule has 1 N–H and O–H groups in total. The molecule has 0 spiro atoms. The molecule has 0 fully saturated rings. The highest BCUT2D eigenvalue weighted by Gasteiger charge is 2.15. The standard InChI is InChI=1S/C10H16N2O2S/c1-6(5-14-4)11-10(13)9-7(2)12-8(3)15-9/h6H,5H2,1-4H3,(H,11,13). The van der Waals surface area contributed by atoms with Gasteiger partial charge < -0.3 is 10.1 Å². The zero-order valence-corrected chi connectivity index (χ0v) is 10.3. The van der Waals surface area contributed by atoms with Crippen molar-refractivity contribution in [1.29, 1.82) is 0 Å². The molecule has 0 radical (unpaired) electrons. The van der Waals surface area contributed by atoms with Crippen LogP contribution < -0.4 is 5.32 Å². The molecule has 4 nitrogen and oxygen atoms in total. The van der Waals surface area contributed by atoms with Crippen molar-refractivity contribution in [2.24, 2.45) is 0 Å². The molecular formula is C10H16N2O2S. The van der Waals surface area contributed by atoms with E-state index in [1.807, 2.05) is 20.8 Å². The third kappa shape index (κ3) is 3.28. The van der Waals surface area contributed by atoms with Gasteiger partial charge in [-0.25, -0.2) is 4.98 Å². The van der Waals surface area contributed by atoms with Gasteiger partial charge in [0.25, 0.3) is 5.91 Å². The fraction of sp³-hybridized carbons (Fsp3) is 0.600. The summed E-state index contributed by atoms with van der Waals surface area (Å²) in [5, 5.41) is 3.77. The van der Waals surface area contributed by atoms with E-state index in [1.165, 1.54) is 11.3 Å². The Morgan fingerprint density at radius 2 is 2.27 bits per heavy atom. The summed E-state index contributed by atoms with van der Waals surface area (Å²) in [6.45, 7) is 6.17. The van der Waals surface area contributed by atoms with Crippen molar-refractivity contribution in [2.75, 3.05) is 13.7 Å². The number of aryl methyl sites for hydroxylation is 2. The van der Waals surface area contributed by atoms with E-state index in [1.54, 1.807) is 7.11 Å². The third-order valence-electron chi connectivity index (χ3n) is 1.90. The minimum Gasteiger partial charge on any atom is -0.383 e. The van der Waals surface area contributed by atoms with E-state index in [9.17, 15) is 4.79 Å². The molecule has 1 aromatic heterocycles. The van der Waals surface area contributed by atoms with Crippen molar-refractivity contribution in [3.8, 4) is 0 Å². The number of hydrogen-bond acceptors (Lipinski definition) is 4. The Morgan fingerprint density at radius 3 is 2.73 bits per heavy atom. The summed E-state index contributed by atoms with van der Waals surface area (Å²) in [4.78, 5) is 16.7. The van der Waals surface area contributed by atoms with Gasteiger partial charge in [0.1, 0.15) is 4.88 Å². The summed E-state index contributed by atoms with van der Waals surface area (Å²) in [5.74, 6) is -0.0670. The number of methoxy groups -OCH3 is 1. The van der Waals surface area contributed by atoms with Crippen molar-refractivity contribution in [1.82, 2.24) is 10.3 Å². The van der Waals surface area contributed by atoms with Crippen molar-refractivity contribution >= 4 is 17.2 Å². The van der Waals surface area contributed by atoms with Crippen LogP contribution in [0.3, 0.4) is 0 Å². The fourth-order valence-corrected chi connectivity index (χ4v) is 2.15. The first-order chi connectivity index (χ1) is 7.04. The van der Waals surface area contributed by atoms with Crippen molar-refractivity contribution < 1.29 is 9.53 Å². The van der Waals surface area contributed by atoms with Crippen LogP contribution in [-0.4, -0.2) is 30.6 Å². The third-order valence-corrected chi connectivity index (χ3v) is 2.98. The Bertz CT molecular complexity index is 349. The van der Waals surface area contributed by atoms with E-state index in [0.717, 1.165) is 10.7 Å². The van der Waals surface area contributed by atoms with Crippen LogP contribution in [0.15, 0.2) is 0 Å². The number of carbonyl (C=O) groups is 1. The lowest BCUT2D eigenvalue weighted by atomic mass is 10.3. The SMILES string of the molecule is COCC(C)NC(=O)c1sc(C)nc1C. The second-order valence-electron chi connectivity index (χ2n) is 3.48. The van der Waals surface area contributed by atoms with Gasteiger partial charge in [0, 0.05) is 13.2 Å². The molecule has 0 aromatic carbocycles. The van der Waals surface area contributed by atoms with Crippen LogP contribution in [0.25, 0.3) is 0 Å². The number of hydrogen-bond donors (Lipinski definition) is 1. The van der Waals surface area contributed by atoms with E-state index >= 15 is 0 Å². The molecule has 1 amide bonds. The largest absolute Gasteiger partial charge is 0.383 e. The number of carbonyl (C=O) groups excluding carboxylic acids is 1. The molecule has 15 heavy (non-hydrogen) atoms. The first-order valence-electron chi connectivity index (χ1n) is 4.78. The van der Waals surface area contributed by atoms with E-state index in [4.69, 9.17) is 4.74 Å². The lowest BCUT2D eigenvalue weighted by Crippen LogP contribution is -2.35. The van der Waals surface area contributed by atoms with Crippen LogP contribution in [0, 0.1) is 13.8 Å². The number of thiazole rings is 1. The van der Waals surface area contributed by atoms with Gasteiger partial charge in [0.15, 0.2) is 0 Å². The fourth-order valence-electron chi connectivity index (χ4n) is 1.32. The van der Waals surface area contributed by atoms with Crippen LogP contribution in [0.4, 0.5) is 0 Å². The normalized spacial score (nSPS) is 12.5. The quantitative estimate of drug-likeness (QED) is 0.850. The summed E-state index contributed by atoms with van der Waals surface area (Å²) in [5.41, 5.74) is 0.791. The number of rotatable bonds is 4. The number of aromatic nitrogens is 1. The molecule has 1 aromatic rings. The van der Waals surface area contributed by atoms with Crippen molar-refractivity contribution in [2.45, 2.75) is 26.8 Å². The zero-order valence-electron chi connectivity index (χ0n) is 9.46. The maximum Gasteiger partial charge on any atom is 0.263 e. The molecule has 0 saturated carbocycles. The van der Waals surface area contributed by atoms with Crippen molar-refractivity contribution in [3.63, 3.8) is 0 Å². The first-order valence-corrected chi connectivity index (χ1v) is 5.60. The predicted octanol–water partition coefficient (Wildman–Crippen LogP) is 1.52. The summed E-state index contributed by atoms with van der Waals surface area (Å²) in [7, 11) is 1.62. The van der Waals surface area contributed by atoms with Crippen LogP contribution >= 0.6 is 11.3 Å². The summed E-state index contributed by atoms with van der Waals surface area (Å²) in [6, 6.07) is 0.0179. The van der Waals surface area contributed by atoms with Crippen molar-refractivity contribution in [3.05, 3.63) is 15.6 Å². The number of amides is 1. The van der Waals surface area contributed by atoms with Gasteiger partial charge >= 0.3 is 0 Å². The minimum atomic E-state index is -0.0670. The van der Waals surface area contributed by atoms with Gasteiger partial charge in [0.05, 0.1) is 17.3 Å². The molecule has 0 aliphatic rings. The number of nitrogens with zero attached hydrogens (tertiary/aromatic N) is 1. The van der Waals surface area contributed by atoms with E-state index in [0.29, 0.717) is 11.5 Å². The molecule has 5 heteroatoms. The molecule has 0 aliphatic carbocycles. The molecule has 0 saturated heterocycles. The second-order valence-corrected chi connectivity index (χ2v) is 4.68. The molecule has 0 bridgehead atoms. The monoisotopic (exact) mass is 228 g/mol. The Morgan fingerprint density at radius 1 is 1.60 bits per heavy atom. The van der Waals surface area contributed by atoms with Crippen LogP contribution in [-0.2, 0) is 4.74 Å². The van der Waals surface area contributed by atoms with Gasteiger partial charge in [-0.3, -0.25) is 4.79 Å². The van der Waals surface area contributed by atoms with Gasteiger partial charge in [-0.05, 0) is 20.8 Å². The average Bonchev–Trinajstić information content (AvgIpc) is 2.45. The molecule has 0 aliphatic heterocycles. The highest BCUT2D eigenvalue weighted by Crippen LogP contribution is 2.16. The first kappa shape index (κ1) is 12.1. The Labute approximate surface area is 93.7 Å². The second kappa shape index (κ2) is 5.23. The molecule has 84 valence electrons. The molecule has 1 rings (SSSR count). The predicted molar refractivity (Wildman–Crippen MR) is 60.4 cm³/mol. The van der Waals surface area contributed by atoms with Crippen LogP contribution in [0.2, 0.25) is 0 Å². The highest BCUT2D eigenvalue weighted by molar-refractivity contribution is 7.13. The van der Waals surface area contributed by atoms with Crippen LogP contribution in [0.1, 0.15) is 27.3 Å². The van der Waals surface area contributed by atoms with Gasteiger partial charge in [-0.1, -0.05) is 0 Å². The smallest absolute Gasteiger partial charge is 0.263 e. The summed E-state index contributed by atoms with van der Waals surface area (Å²) >= 11 is 1.42. The number of nitrogens with one attached hydrogen (secondary N) is 1. The summed E-state index contributed by atoms with van der Waals surface area (Å²) in [6.07, 6.45) is 0. The lowest BCUT2D eigenvalue weighted by Gasteiger charge is -2.11. The van der Waals surface area contributed by atoms with Gasteiger partial charge in [-0.15, -0.1) is 11.3 Å². The average molecular weight is 228 g/mol. The molecule has 1 atom stereocenters. The Kier molecular flexibility index (Phi) is 4.23. The maximum atomic E-state index is 11.8. The van der Waals surface area contributed by atoms with Gasteiger partial charge in [0.2, 0.25) is 0 Å². The molecule has 1 heterocycles.